The molecule has 0 aromatic rings. The van der Waals surface area contributed by atoms with Crippen molar-refractivity contribution in [3.63, 3.8) is 0 Å². The Morgan fingerprint density at radius 2 is 1.87 bits per heavy atom. The minimum atomic E-state index is -2.14. The molecule has 2 saturated carbocycles. The molecule has 47 heavy (non-hydrogen) atoms. The molecule has 14 heteroatoms. The zero-order valence-electron chi connectivity index (χ0n) is 27.4. The number of aliphatic hydroxyl groups is 1. The molecule has 0 aromatic heterocycles. The second-order valence-electron chi connectivity index (χ2n) is 13.7. The maximum absolute atomic E-state index is 17.6. The van der Waals surface area contributed by atoms with Gasteiger partial charge in [-0.3, -0.25) is 24.0 Å². The number of amides is 1. The molecule has 0 aromatic carbocycles. The third-order valence-electron chi connectivity index (χ3n) is 11.2. The highest BCUT2D eigenvalue weighted by atomic mass is 19.1. The van der Waals surface area contributed by atoms with Crippen molar-refractivity contribution in [3.8, 4) is 0 Å². The lowest BCUT2D eigenvalue weighted by atomic mass is 9.45. The molecule has 0 unspecified atom stereocenters. The van der Waals surface area contributed by atoms with Crippen LogP contribution in [0, 0.1) is 38.7 Å². The van der Waals surface area contributed by atoms with Crippen molar-refractivity contribution in [3.05, 3.63) is 33.9 Å². The van der Waals surface area contributed by atoms with E-state index in [9.17, 15) is 39.2 Å². The quantitative estimate of drug-likeness (QED) is 0.0912. The number of carbonyl (C=O) groups is 5. The van der Waals surface area contributed by atoms with Crippen LogP contribution in [0.15, 0.2) is 23.8 Å². The summed E-state index contributed by atoms with van der Waals surface area (Å²) in [5.74, 6) is -4.67. The number of hydrogen-bond donors (Lipinski definition) is 2. The number of nitrogens with zero attached hydrogens (tertiary/aromatic N) is 1. The van der Waals surface area contributed by atoms with E-state index >= 15 is 4.39 Å². The number of fused-ring (bicyclic) bond motifs is 5. The first-order valence-electron chi connectivity index (χ1n) is 16.3. The summed E-state index contributed by atoms with van der Waals surface area (Å²) in [5.41, 5.74) is -5.78. The molecule has 0 bridgehead atoms. The number of rotatable bonds is 14. The van der Waals surface area contributed by atoms with Gasteiger partial charge in [-0.25, -0.2) is 4.39 Å². The van der Waals surface area contributed by atoms with Gasteiger partial charge < -0.3 is 24.7 Å². The SMILES string of the molecule is CCC(=O)O[C@]1(C(=O)COC(=O)CNC(=O)CCCCCO[N+](=O)[O-])[C@@H](C)C[C@H]2[C@@H]3CC=C4CC(=O)C=C[C@]4(C)[C@@]3(F)[C@@H](O)C[C@@]21C. The van der Waals surface area contributed by atoms with E-state index in [1.807, 2.05) is 6.08 Å². The largest absolute Gasteiger partial charge is 0.456 e. The minimum absolute atomic E-state index is 0.0426. The van der Waals surface area contributed by atoms with Gasteiger partial charge in [0.1, 0.15) is 6.54 Å². The van der Waals surface area contributed by atoms with Gasteiger partial charge >= 0.3 is 11.9 Å². The first-order chi connectivity index (χ1) is 22.1. The van der Waals surface area contributed by atoms with E-state index in [0.717, 1.165) is 0 Å². The molecule has 8 atom stereocenters. The molecule has 0 heterocycles. The monoisotopic (exact) mass is 664 g/mol. The number of aliphatic hydroxyl groups excluding tert-OH is 1. The van der Waals surface area contributed by atoms with Gasteiger partial charge in [0.2, 0.25) is 11.7 Å². The fourth-order valence-electron chi connectivity index (χ4n) is 8.82. The van der Waals surface area contributed by atoms with Crippen molar-refractivity contribution in [2.45, 2.75) is 103 Å². The van der Waals surface area contributed by atoms with Gasteiger partial charge in [-0.2, -0.15) is 0 Å². The molecule has 2 N–H and O–H groups in total. The normalized spacial score (nSPS) is 35.4. The maximum Gasteiger partial charge on any atom is 0.325 e. The Hall–Kier alpha value is -3.68. The number of halogens is 1. The maximum atomic E-state index is 17.6. The fourth-order valence-corrected chi connectivity index (χ4v) is 8.82. The average molecular weight is 665 g/mol. The number of unbranched alkanes of at least 4 members (excludes halogenated alkanes) is 2. The molecule has 0 saturated heterocycles. The molecule has 260 valence electrons. The fraction of sp³-hybridized carbons (Fsp3) is 0.727. The molecular formula is C33H45FN2O11. The lowest BCUT2D eigenvalue weighted by Gasteiger charge is -2.62. The van der Waals surface area contributed by atoms with Crippen molar-refractivity contribution >= 4 is 29.4 Å². The van der Waals surface area contributed by atoms with E-state index in [1.54, 1.807) is 33.8 Å². The number of Topliss-reactive ketones (excluding diaryl/α,β-unsaturated/α-hetero) is 1. The Balaban J connectivity index is 1.47. The number of allylic oxidation sites excluding steroid dienone is 4. The zero-order chi connectivity index (χ0) is 34.8. The Morgan fingerprint density at radius 3 is 2.55 bits per heavy atom. The van der Waals surface area contributed by atoms with Gasteiger partial charge in [0.05, 0.1) is 12.7 Å². The van der Waals surface area contributed by atoms with E-state index in [1.165, 1.54) is 6.08 Å². The summed E-state index contributed by atoms with van der Waals surface area (Å²) in [6, 6.07) is 0. The third kappa shape index (κ3) is 6.32. The van der Waals surface area contributed by atoms with Gasteiger partial charge in [0.25, 0.3) is 5.09 Å². The lowest BCUT2D eigenvalue weighted by Crippen LogP contribution is -2.69. The van der Waals surface area contributed by atoms with E-state index in [-0.39, 0.29) is 44.5 Å². The van der Waals surface area contributed by atoms with Crippen LogP contribution < -0.4 is 5.32 Å². The van der Waals surface area contributed by atoms with Gasteiger partial charge in [0, 0.05) is 41.9 Å². The van der Waals surface area contributed by atoms with Crippen molar-refractivity contribution < 1.29 is 52.9 Å². The molecule has 4 aliphatic carbocycles. The Morgan fingerprint density at radius 1 is 1.15 bits per heavy atom. The van der Waals surface area contributed by atoms with Crippen LogP contribution in [0.3, 0.4) is 0 Å². The summed E-state index contributed by atoms with van der Waals surface area (Å²) in [4.78, 5) is 78.2. The van der Waals surface area contributed by atoms with Crippen molar-refractivity contribution in [2.24, 2.45) is 28.6 Å². The van der Waals surface area contributed by atoms with Crippen LogP contribution in [0.1, 0.15) is 85.5 Å². The Bertz CT molecular complexity index is 1370. The molecule has 2 fully saturated rings. The number of carbonyl (C=O) groups excluding carboxylic acids is 5. The highest BCUT2D eigenvalue weighted by Crippen LogP contribution is 2.71. The van der Waals surface area contributed by atoms with E-state index in [2.05, 4.69) is 10.2 Å². The first-order valence-corrected chi connectivity index (χ1v) is 16.3. The van der Waals surface area contributed by atoms with E-state index in [4.69, 9.17) is 9.47 Å². The van der Waals surface area contributed by atoms with Crippen LogP contribution in [-0.4, -0.2) is 76.7 Å². The number of hydrogen-bond acceptors (Lipinski definition) is 11. The second-order valence-corrected chi connectivity index (χ2v) is 13.7. The predicted octanol–water partition coefficient (Wildman–Crippen LogP) is 3.29. The van der Waals surface area contributed by atoms with Gasteiger partial charge in [-0.05, 0) is 51.0 Å². The van der Waals surface area contributed by atoms with Crippen molar-refractivity contribution in [1.29, 1.82) is 0 Å². The molecule has 4 aliphatic rings. The van der Waals surface area contributed by atoms with Gasteiger partial charge in [0.15, 0.2) is 23.7 Å². The second kappa shape index (κ2) is 13.8. The Kier molecular flexibility index (Phi) is 10.6. The standard InChI is InChI=1S/C33H45FN2O11/c1-5-28(41)47-33(26(39)19-45-29(42)18-35-27(40)9-7-6-8-14-46-36(43)44)20(2)15-24-23-11-10-21-16-22(37)12-13-30(21,3)32(23,34)25(38)17-31(24,33)4/h10,12-13,20,23-25,38H,5-9,11,14-19H2,1-4H3,(H,35,40)/t20-,23-,24-,25-,30-,31-,32-,33-/m0/s1. The van der Waals surface area contributed by atoms with Crippen LogP contribution in [0.4, 0.5) is 4.39 Å². The molecule has 0 spiro atoms. The zero-order valence-corrected chi connectivity index (χ0v) is 27.4. The van der Waals surface area contributed by atoms with Crippen LogP contribution in [-0.2, 0) is 38.3 Å². The molecule has 4 rings (SSSR count). The predicted molar refractivity (Wildman–Crippen MR) is 162 cm³/mol. The van der Waals surface area contributed by atoms with Crippen LogP contribution in [0.2, 0.25) is 0 Å². The lowest BCUT2D eigenvalue weighted by molar-refractivity contribution is -0.757. The van der Waals surface area contributed by atoms with Crippen LogP contribution in [0.5, 0.6) is 0 Å². The van der Waals surface area contributed by atoms with Crippen LogP contribution in [0.25, 0.3) is 0 Å². The number of ether oxygens (including phenoxy) is 2. The highest BCUT2D eigenvalue weighted by Gasteiger charge is 2.77. The average Bonchev–Trinajstić information content (AvgIpc) is 3.23. The third-order valence-corrected chi connectivity index (χ3v) is 11.2. The highest BCUT2D eigenvalue weighted by molar-refractivity contribution is 5.95. The summed E-state index contributed by atoms with van der Waals surface area (Å²) in [7, 11) is 0. The first kappa shape index (κ1) is 36.2. The molecule has 0 aliphatic heterocycles. The summed E-state index contributed by atoms with van der Waals surface area (Å²) in [6.45, 7) is 5.40. The number of ketones is 2. The number of nitrogens with one attached hydrogen (secondary N) is 1. The Labute approximate surface area is 272 Å². The summed E-state index contributed by atoms with van der Waals surface area (Å²) in [6.07, 6.45) is 4.97. The number of alkyl halides is 1. The summed E-state index contributed by atoms with van der Waals surface area (Å²) < 4.78 is 28.8. The summed E-state index contributed by atoms with van der Waals surface area (Å²) >= 11 is 0. The molecule has 13 nitrogen and oxygen atoms in total. The van der Waals surface area contributed by atoms with E-state index in [0.29, 0.717) is 31.3 Å². The summed E-state index contributed by atoms with van der Waals surface area (Å²) in [5, 5.41) is 23.4. The molecule has 1 amide bonds. The topological polar surface area (TPSA) is 188 Å². The van der Waals surface area contributed by atoms with Gasteiger partial charge in [-0.1, -0.05) is 44.9 Å². The van der Waals surface area contributed by atoms with E-state index < -0.39 is 87.8 Å². The van der Waals surface area contributed by atoms with Crippen molar-refractivity contribution in [1.82, 2.24) is 5.32 Å². The minimum Gasteiger partial charge on any atom is -0.456 e. The molecular weight excluding hydrogens is 619 g/mol. The van der Waals surface area contributed by atoms with Crippen molar-refractivity contribution in [2.75, 3.05) is 19.8 Å². The van der Waals surface area contributed by atoms with Crippen LogP contribution >= 0.6 is 0 Å². The smallest absolute Gasteiger partial charge is 0.325 e. The van der Waals surface area contributed by atoms with Gasteiger partial charge in [-0.15, -0.1) is 10.1 Å². The molecule has 0 radical (unpaired) electrons. The number of esters is 2.